The molecule has 0 aromatic carbocycles. The third-order valence-electron chi connectivity index (χ3n) is 3.29. The molecule has 3 nitrogen and oxygen atoms in total. The minimum Gasteiger partial charge on any atom is -0.212 e. The van der Waals surface area contributed by atoms with E-state index in [1.54, 1.807) is 4.31 Å². The first kappa shape index (κ1) is 11.9. The maximum Gasteiger partial charge on any atom is 0.217 e. The summed E-state index contributed by atoms with van der Waals surface area (Å²) in [6.07, 6.45) is 5.95. The van der Waals surface area contributed by atoms with E-state index in [1.165, 1.54) is 6.42 Å². The largest absolute Gasteiger partial charge is 0.217 e. The van der Waals surface area contributed by atoms with Crippen LogP contribution in [0.25, 0.3) is 0 Å². The predicted molar refractivity (Wildman–Crippen MR) is 64.7 cm³/mol. The standard InChI is InChI=1S/C10H18BrNO2S/c11-7-6-9-3-1-2-8-12(9)15(13,14)10-4-5-10/h9-10H,1-8H2. The van der Waals surface area contributed by atoms with E-state index in [2.05, 4.69) is 15.9 Å². The maximum atomic E-state index is 12.1. The Morgan fingerprint density at radius 2 is 1.93 bits per heavy atom. The Balaban J connectivity index is 2.09. The number of nitrogens with zero attached hydrogens (tertiary/aromatic N) is 1. The van der Waals surface area contributed by atoms with E-state index < -0.39 is 10.0 Å². The first-order chi connectivity index (χ1) is 7.16. The summed E-state index contributed by atoms with van der Waals surface area (Å²) in [5.41, 5.74) is 0. The quantitative estimate of drug-likeness (QED) is 0.745. The Morgan fingerprint density at radius 1 is 1.20 bits per heavy atom. The number of hydrogen-bond donors (Lipinski definition) is 0. The van der Waals surface area contributed by atoms with Gasteiger partial charge in [0, 0.05) is 17.9 Å². The summed E-state index contributed by atoms with van der Waals surface area (Å²) in [6.45, 7) is 0.747. The fourth-order valence-corrected chi connectivity index (χ4v) is 4.93. The molecule has 2 fully saturated rings. The highest BCUT2D eigenvalue weighted by Crippen LogP contribution is 2.35. The van der Waals surface area contributed by atoms with Crippen molar-refractivity contribution in [2.24, 2.45) is 0 Å². The van der Waals surface area contributed by atoms with Crippen molar-refractivity contribution in [1.82, 2.24) is 4.31 Å². The van der Waals surface area contributed by atoms with Crippen LogP contribution in [0.3, 0.4) is 0 Å². The van der Waals surface area contributed by atoms with Crippen molar-refractivity contribution in [1.29, 1.82) is 0 Å². The monoisotopic (exact) mass is 295 g/mol. The summed E-state index contributed by atoms with van der Waals surface area (Å²) in [6, 6.07) is 0.253. The van der Waals surface area contributed by atoms with E-state index in [-0.39, 0.29) is 11.3 Å². The molecule has 0 radical (unpaired) electrons. The van der Waals surface area contributed by atoms with Crippen LogP contribution < -0.4 is 0 Å². The molecule has 1 heterocycles. The van der Waals surface area contributed by atoms with Crippen LogP contribution in [0.2, 0.25) is 0 Å². The molecule has 0 aromatic heterocycles. The van der Waals surface area contributed by atoms with Gasteiger partial charge in [-0.3, -0.25) is 0 Å². The molecule has 2 rings (SSSR count). The number of hydrogen-bond acceptors (Lipinski definition) is 2. The molecule has 88 valence electrons. The highest BCUT2D eigenvalue weighted by atomic mass is 79.9. The van der Waals surface area contributed by atoms with Crippen molar-refractivity contribution in [2.75, 3.05) is 11.9 Å². The average Bonchev–Trinajstić information content (AvgIpc) is 3.02. The molecule has 0 N–H and O–H groups in total. The molecule has 0 spiro atoms. The first-order valence-corrected chi connectivity index (χ1v) is 8.35. The van der Waals surface area contributed by atoms with Crippen LogP contribution in [-0.4, -0.2) is 35.9 Å². The van der Waals surface area contributed by atoms with Crippen LogP contribution in [0.5, 0.6) is 0 Å². The summed E-state index contributed by atoms with van der Waals surface area (Å²) in [5.74, 6) is 0. The van der Waals surface area contributed by atoms with Gasteiger partial charge in [-0.05, 0) is 32.1 Å². The molecule has 0 amide bonds. The van der Waals surface area contributed by atoms with Gasteiger partial charge in [0.05, 0.1) is 5.25 Å². The van der Waals surface area contributed by atoms with Gasteiger partial charge < -0.3 is 0 Å². The minimum atomic E-state index is -2.95. The molecule has 1 aliphatic carbocycles. The lowest BCUT2D eigenvalue weighted by Gasteiger charge is -2.34. The zero-order valence-corrected chi connectivity index (χ0v) is 11.3. The van der Waals surface area contributed by atoms with Gasteiger partial charge in [-0.1, -0.05) is 22.4 Å². The fraction of sp³-hybridized carbons (Fsp3) is 1.00. The van der Waals surface area contributed by atoms with Crippen LogP contribution >= 0.6 is 15.9 Å². The topological polar surface area (TPSA) is 37.4 Å². The summed E-state index contributed by atoms with van der Waals surface area (Å²) in [4.78, 5) is 0. The Morgan fingerprint density at radius 3 is 2.53 bits per heavy atom. The molecule has 1 saturated heterocycles. The zero-order valence-electron chi connectivity index (χ0n) is 8.86. The Hall–Kier alpha value is 0.390. The Kier molecular flexibility index (Phi) is 3.73. The van der Waals surface area contributed by atoms with E-state index in [0.29, 0.717) is 0 Å². The Bertz CT molecular complexity index is 311. The van der Waals surface area contributed by atoms with E-state index in [1.807, 2.05) is 0 Å². The normalized spacial score (nSPS) is 29.3. The van der Waals surface area contributed by atoms with Crippen molar-refractivity contribution in [2.45, 2.75) is 49.8 Å². The van der Waals surface area contributed by atoms with Gasteiger partial charge in [-0.2, -0.15) is 4.31 Å². The molecule has 5 heteroatoms. The van der Waals surface area contributed by atoms with Crippen LogP contribution in [0.1, 0.15) is 38.5 Å². The number of halogens is 1. The number of rotatable bonds is 4. The molecule has 1 atom stereocenters. The SMILES string of the molecule is O=S(=O)(C1CC1)N1CCCCC1CCBr. The molecule has 15 heavy (non-hydrogen) atoms. The van der Waals surface area contributed by atoms with E-state index in [4.69, 9.17) is 0 Å². The third-order valence-corrected chi connectivity index (χ3v) is 6.19. The molecule has 0 bridgehead atoms. The van der Waals surface area contributed by atoms with Crippen LogP contribution in [-0.2, 0) is 10.0 Å². The minimum absolute atomic E-state index is 0.0478. The first-order valence-electron chi connectivity index (χ1n) is 5.73. The highest BCUT2D eigenvalue weighted by Gasteiger charge is 2.43. The smallest absolute Gasteiger partial charge is 0.212 e. The molecule has 2 aliphatic rings. The van der Waals surface area contributed by atoms with E-state index in [0.717, 1.165) is 44.0 Å². The third kappa shape index (κ3) is 2.56. The maximum absolute atomic E-state index is 12.1. The lowest BCUT2D eigenvalue weighted by molar-refractivity contribution is 0.248. The highest BCUT2D eigenvalue weighted by molar-refractivity contribution is 9.09. The summed E-state index contributed by atoms with van der Waals surface area (Å²) in [7, 11) is -2.95. The molecular formula is C10H18BrNO2S. The van der Waals surface area contributed by atoms with Crippen molar-refractivity contribution in [3.8, 4) is 0 Å². The van der Waals surface area contributed by atoms with Gasteiger partial charge >= 0.3 is 0 Å². The van der Waals surface area contributed by atoms with Crippen molar-refractivity contribution >= 4 is 26.0 Å². The number of sulfonamides is 1. The fourth-order valence-electron chi connectivity index (χ4n) is 2.28. The second-order valence-electron chi connectivity index (χ2n) is 4.48. The molecule has 1 unspecified atom stereocenters. The zero-order chi connectivity index (χ0) is 10.9. The van der Waals surface area contributed by atoms with Crippen molar-refractivity contribution < 1.29 is 8.42 Å². The van der Waals surface area contributed by atoms with Crippen LogP contribution in [0.15, 0.2) is 0 Å². The summed E-state index contributed by atoms with van der Waals surface area (Å²) in [5, 5.41) is 0.849. The average molecular weight is 296 g/mol. The van der Waals surface area contributed by atoms with E-state index >= 15 is 0 Å². The predicted octanol–water partition coefficient (Wildman–Crippen LogP) is 2.12. The van der Waals surface area contributed by atoms with Crippen molar-refractivity contribution in [3.05, 3.63) is 0 Å². The van der Waals surface area contributed by atoms with Gasteiger partial charge in [-0.15, -0.1) is 0 Å². The van der Waals surface area contributed by atoms with Gasteiger partial charge in [0.2, 0.25) is 10.0 Å². The summed E-state index contributed by atoms with van der Waals surface area (Å²) >= 11 is 3.41. The second-order valence-corrected chi connectivity index (χ2v) is 7.44. The molecule has 1 saturated carbocycles. The van der Waals surface area contributed by atoms with Gasteiger partial charge in [0.15, 0.2) is 0 Å². The van der Waals surface area contributed by atoms with Crippen LogP contribution in [0.4, 0.5) is 0 Å². The molecular weight excluding hydrogens is 278 g/mol. The van der Waals surface area contributed by atoms with Gasteiger partial charge in [-0.25, -0.2) is 8.42 Å². The summed E-state index contributed by atoms with van der Waals surface area (Å²) < 4.78 is 26.1. The Labute approximate surface area is 100 Å². The van der Waals surface area contributed by atoms with Crippen LogP contribution in [0, 0.1) is 0 Å². The van der Waals surface area contributed by atoms with Crippen molar-refractivity contribution in [3.63, 3.8) is 0 Å². The second kappa shape index (κ2) is 4.72. The lowest BCUT2D eigenvalue weighted by Crippen LogP contribution is -2.45. The lowest BCUT2D eigenvalue weighted by atomic mass is 10.0. The molecule has 0 aromatic rings. The number of piperidine rings is 1. The van der Waals surface area contributed by atoms with E-state index in [9.17, 15) is 8.42 Å². The number of alkyl halides is 1. The van der Waals surface area contributed by atoms with Gasteiger partial charge in [0.1, 0.15) is 0 Å². The van der Waals surface area contributed by atoms with Gasteiger partial charge in [0.25, 0.3) is 0 Å². The molecule has 1 aliphatic heterocycles.